The second kappa shape index (κ2) is 7.39. The monoisotopic (exact) mass is 235 g/mol. The van der Waals surface area contributed by atoms with Crippen molar-refractivity contribution in [3.8, 4) is 0 Å². The molecule has 1 aliphatic rings. The number of piperidine rings is 1. The molecular weight excluding hydrogens is 218 g/mol. The van der Waals surface area contributed by atoms with Crippen LogP contribution in [-0.4, -0.2) is 23.6 Å². The van der Waals surface area contributed by atoms with E-state index in [1.54, 1.807) is 10.8 Å². The molecule has 0 aromatic carbocycles. The van der Waals surface area contributed by atoms with Gasteiger partial charge in [0, 0.05) is 12.2 Å². The Labute approximate surface area is 92.5 Å². The molecule has 1 fully saturated rings. The van der Waals surface area contributed by atoms with Gasteiger partial charge in [-0.05, 0) is 25.8 Å². The maximum Gasteiger partial charge on any atom is 0.234 e. The minimum atomic E-state index is -0.0882. The smallest absolute Gasteiger partial charge is 0.234 e. The summed E-state index contributed by atoms with van der Waals surface area (Å²) in [5, 5.41) is 4.00. The van der Waals surface area contributed by atoms with Gasteiger partial charge in [-0.15, -0.1) is 0 Å². The number of nitrogens with two attached hydrogens (primary N) is 1. The van der Waals surface area contributed by atoms with E-state index >= 15 is 0 Å². The molecule has 1 saturated heterocycles. The Bertz CT molecular complexity index is 174. The number of hydrazine groups is 1. The van der Waals surface area contributed by atoms with Gasteiger partial charge in [-0.2, -0.15) is 0 Å². The lowest BCUT2D eigenvalue weighted by Crippen LogP contribution is -2.31. The minimum Gasteiger partial charge on any atom is -0.305 e. The Morgan fingerprint density at radius 2 is 2.43 bits per heavy atom. The molecule has 1 aliphatic heterocycles. The van der Waals surface area contributed by atoms with Gasteiger partial charge >= 0.3 is 0 Å². The molecule has 82 valence electrons. The van der Waals surface area contributed by atoms with Crippen LogP contribution in [0.1, 0.15) is 25.7 Å². The molecular formula is C8H17N3OS2. The zero-order valence-corrected chi connectivity index (χ0v) is 9.76. The summed E-state index contributed by atoms with van der Waals surface area (Å²) in [4.78, 5) is 10.8. The molecule has 1 heterocycles. The molecule has 0 spiro atoms. The lowest BCUT2D eigenvalue weighted by molar-refractivity contribution is -0.120. The van der Waals surface area contributed by atoms with Crippen molar-refractivity contribution in [2.75, 3.05) is 12.3 Å². The predicted octanol–water partition coefficient (Wildman–Crippen LogP) is 0.847. The van der Waals surface area contributed by atoms with E-state index in [-0.39, 0.29) is 5.91 Å². The molecule has 0 aliphatic carbocycles. The number of hydrogen-bond donors (Lipinski definition) is 3. The fraction of sp³-hybridized carbons (Fsp3) is 0.875. The van der Waals surface area contributed by atoms with E-state index in [0.29, 0.717) is 11.8 Å². The molecule has 0 radical (unpaired) electrons. The van der Waals surface area contributed by atoms with Crippen molar-refractivity contribution in [1.82, 2.24) is 10.7 Å². The van der Waals surface area contributed by atoms with Gasteiger partial charge in [0.25, 0.3) is 0 Å². The van der Waals surface area contributed by atoms with Crippen molar-refractivity contribution in [2.24, 2.45) is 5.84 Å². The normalized spacial score (nSPS) is 21.9. The highest BCUT2D eigenvalue weighted by atomic mass is 33.1. The Morgan fingerprint density at radius 1 is 1.57 bits per heavy atom. The predicted molar refractivity (Wildman–Crippen MR) is 62.6 cm³/mol. The van der Waals surface area contributed by atoms with Crippen LogP contribution >= 0.6 is 21.6 Å². The summed E-state index contributed by atoms with van der Waals surface area (Å²) in [6.07, 6.45) is 4.34. The van der Waals surface area contributed by atoms with Gasteiger partial charge in [-0.3, -0.25) is 10.2 Å². The van der Waals surface area contributed by atoms with E-state index in [2.05, 4.69) is 10.7 Å². The summed E-state index contributed by atoms with van der Waals surface area (Å²) >= 11 is 0. The van der Waals surface area contributed by atoms with Crippen LogP contribution in [0.5, 0.6) is 0 Å². The van der Waals surface area contributed by atoms with Crippen LogP contribution in [0.3, 0.4) is 0 Å². The number of hydrogen-bond acceptors (Lipinski definition) is 5. The second-order valence-corrected chi connectivity index (χ2v) is 5.86. The van der Waals surface area contributed by atoms with Gasteiger partial charge in [0.1, 0.15) is 0 Å². The van der Waals surface area contributed by atoms with Gasteiger partial charge in [-0.1, -0.05) is 21.6 Å². The molecule has 1 amide bonds. The molecule has 1 atom stereocenters. The minimum absolute atomic E-state index is 0.0882. The summed E-state index contributed by atoms with van der Waals surface area (Å²) in [7, 11) is 3.58. The zero-order chi connectivity index (χ0) is 10.2. The third-order valence-electron chi connectivity index (χ3n) is 2.02. The van der Waals surface area contributed by atoms with Crippen LogP contribution < -0.4 is 16.6 Å². The Morgan fingerprint density at radius 3 is 3.07 bits per heavy atom. The number of amides is 1. The van der Waals surface area contributed by atoms with Gasteiger partial charge in [0.2, 0.25) is 5.91 Å². The SMILES string of the molecule is NNC(=O)CCSSC1CCCCN1. The first-order chi connectivity index (χ1) is 6.83. The van der Waals surface area contributed by atoms with Gasteiger partial charge in [0.05, 0.1) is 5.37 Å². The Balaban J connectivity index is 1.94. The number of nitrogens with one attached hydrogen (secondary N) is 2. The molecule has 14 heavy (non-hydrogen) atoms. The number of rotatable bonds is 5. The molecule has 1 rings (SSSR count). The molecule has 0 saturated carbocycles. The quantitative estimate of drug-likeness (QED) is 0.217. The second-order valence-electron chi connectivity index (χ2n) is 3.17. The highest BCUT2D eigenvalue weighted by Gasteiger charge is 2.12. The van der Waals surface area contributed by atoms with Crippen molar-refractivity contribution in [1.29, 1.82) is 0 Å². The average Bonchev–Trinajstić information content (AvgIpc) is 2.25. The van der Waals surface area contributed by atoms with Crippen molar-refractivity contribution < 1.29 is 4.79 Å². The third-order valence-corrected chi connectivity index (χ3v) is 4.77. The van der Waals surface area contributed by atoms with E-state index < -0.39 is 0 Å². The fourth-order valence-electron chi connectivity index (χ4n) is 1.24. The number of carbonyl (C=O) groups is 1. The van der Waals surface area contributed by atoms with E-state index in [1.807, 2.05) is 10.8 Å². The first kappa shape index (κ1) is 12.2. The first-order valence-electron chi connectivity index (χ1n) is 4.84. The maximum absolute atomic E-state index is 10.8. The molecule has 0 bridgehead atoms. The molecule has 1 unspecified atom stereocenters. The summed E-state index contributed by atoms with van der Waals surface area (Å²) in [6, 6.07) is 0. The molecule has 0 aromatic heterocycles. The van der Waals surface area contributed by atoms with Crippen molar-refractivity contribution >= 4 is 27.5 Å². The highest BCUT2D eigenvalue weighted by Crippen LogP contribution is 2.30. The standard InChI is InChI=1S/C8H17N3OS2/c9-11-7(12)4-6-13-14-8-3-1-2-5-10-8/h8,10H,1-6,9H2,(H,11,12). The van der Waals surface area contributed by atoms with E-state index in [1.165, 1.54) is 19.3 Å². The Kier molecular flexibility index (Phi) is 6.42. The first-order valence-corrected chi connectivity index (χ1v) is 7.22. The largest absolute Gasteiger partial charge is 0.305 e. The van der Waals surface area contributed by atoms with Crippen LogP contribution in [0.2, 0.25) is 0 Å². The van der Waals surface area contributed by atoms with Gasteiger partial charge in [-0.25, -0.2) is 5.84 Å². The summed E-state index contributed by atoms with van der Waals surface area (Å²) < 4.78 is 0. The maximum atomic E-state index is 10.8. The average molecular weight is 235 g/mol. The lowest BCUT2D eigenvalue weighted by atomic mass is 10.2. The van der Waals surface area contributed by atoms with Gasteiger partial charge in [0.15, 0.2) is 0 Å². The van der Waals surface area contributed by atoms with Crippen molar-refractivity contribution in [3.63, 3.8) is 0 Å². The van der Waals surface area contributed by atoms with Crippen molar-refractivity contribution in [3.05, 3.63) is 0 Å². The van der Waals surface area contributed by atoms with Crippen LogP contribution in [-0.2, 0) is 4.79 Å². The summed E-state index contributed by atoms with van der Waals surface area (Å²) in [5.41, 5.74) is 2.13. The van der Waals surface area contributed by atoms with Gasteiger partial charge < -0.3 is 5.32 Å². The van der Waals surface area contributed by atoms with Crippen LogP contribution in [0.4, 0.5) is 0 Å². The Hall–Kier alpha value is 0.0900. The van der Waals surface area contributed by atoms with Crippen LogP contribution in [0.15, 0.2) is 0 Å². The number of carbonyl (C=O) groups excluding carboxylic acids is 1. The van der Waals surface area contributed by atoms with Crippen molar-refractivity contribution in [2.45, 2.75) is 31.1 Å². The summed E-state index contributed by atoms with van der Waals surface area (Å²) in [5.74, 6) is 5.71. The molecule has 0 aromatic rings. The lowest BCUT2D eigenvalue weighted by Gasteiger charge is -2.21. The molecule has 4 N–H and O–H groups in total. The van der Waals surface area contributed by atoms with Crippen LogP contribution in [0, 0.1) is 0 Å². The van der Waals surface area contributed by atoms with E-state index in [9.17, 15) is 4.79 Å². The summed E-state index contributed by atoms with van der Waals surface area (Å²) in [6.45, 7) is 1.13. The van der Waals surface area contributed by atoms with Crippen LogP contribution in [0.25, 0.3) is 0 Å². The third kappa shape index (κ3) is 5.09. The highest BCUT2D eigenvalue weighted by molar-refractivity contribution is 8.76. The molecule has 4 nitrogen and oxygen atoms in total. The topological polar surface area (TPSA) is 67.1 Å². The van der Waals surface area contributed by atoms with E-state index in [4.69, 9.17) is 5.84 Å². The zero-order valence-electron chi connectivity index (χ0n) is 8.12. The molecule has 6 heteroatoms. The van der Waals surface area contributed by atoms with E-state index in [0.717, 1.165) is 12.3 Å². The fourth-order valence-corrected chi connectivity index (χ4v) is 3.74.